The van der Waals surface area contributed by atoms with Crippen LogP contribution in [0, 0.1) is 0 Å². The predicted molar refractivity (Wildman–Crippen MR) is 108 cm³/mol. The zero-order valence-electron chi connectivity index (χ0n) is 15.7. The summed E-state index contributed by atoms with van der Waals surface area (Å²) in [5, 5.41) is 8.81. The molecule has 0 amide bonds. The quantitative estimate of drug-likeness (QED) is 0.577. The molecule has 1 aliphatic heterocycles. The highest BCUT2D eigenvalue weighted by molar-refractivity contribution is 7.09. The summed E-state index contributed by atoms with van der Waals surface area (Å²) in [6, 6.07) is 8.40. The summed E-state index contributed by atoms with van der Waals surface area (Å²) in [4.78, 5) is 6.09. The maximum absolute atomic E-state index is 5.87. The lowest BCUT2D eigenvalue weighted by molar-refractivity contribution is 0.254. The predicted octanol–water partition coefficient (Wildman–Crippen LogP) is 3.38. The van der Waals surface area contributed by atoms with Crippen molar-refractivity contribution in [2.75, 3.05) is 20.2 Å². The van der Waals surface area contributed by atoms with Gasteiger partial charge in [0.25, 0.3) is 0 Å². The lowest BCUT2D eigenvalue weighted by Crippen LogP contribution is -2.38. The van der Waals surface area contributed by atoms with Crippen LogP contribution in [0.3, 0.4) is 0 Å². The number of guanidine groups is 1. The summed E-state index contributed by atoms with van der Waals surface area (Å²) in [7, 11) is 1.71. The summed E-state index contributed by atoms with van der Waals surface area (Å²) in [5.74, 6) is 2.65. The SMILES string of the molecule is CCNC(=NCc1cc2c(cc1OC)CC(C)O2)NCCc1cccs1. The van der Waals surface area contributed by atoms with Crippen LogP contribution < -0.4 is 20.1 Å². The zero-order valence-corrected chi connectivity index (χ0v) is 16.5. The Hall–Kier alpha value is -2.21. The summed E-state index contributed by atoms with van der Waals surface area (Å²) in [6.07, 6.45) is 2.16. The highest BCUT2D eigenvalue weighted by atomic mass is 32.1. The topological polar surface area (TPSA) is 54.9 Å². The van der Waals surface area contributed by atoms with Gasteiger partial charge in [-0.1, -0.05) is 6.07 Å². The third kappa shape index (κ3) is 4.69. The largest absolute Gasteiger partial charge is 0.496 e. The van der Waals surface area contributed by atoms with Gasteiger partial charge in [-0.3, -0.25) is 0 Å². The number of hydrogen-bond donors (Lipinski definition) is 2. The van der Waals surface area contributed by atoms with Crippen LogP contribution in [0.1, 0.15) is 29.9 Å². The van der Waals surface area contributed by atoms with E-state index in [1.165, 1.54) is 10.4 Å². The fourth-order valence-electron chi connectivity index (χ4n) is 3.06. The Morgan fingerprint density at radius 2 is 2.27 bits per heavy atom. The van der Waals surface area contributed by atoms with Gasteiger partial charge in [0.1, 0.15) is 17.6 Å². The van der Waals surface area contributed by atoms with Gasteiger partial charge in [0.2, 0.25) is 0 Å². The lowest BCUT2D eigenvalue weighted by Gasteiger charge is -2.13. The first-order chi connectivity index (χ1) is 12.7. The number of ether oxygens (including phenoxy) is 2. The number of thiophene rings is 1. The van der Waals surface area contributed by atoms with Crippen LogP contribution >= 0.6 is 11.3 Å². The Kier molecular flexibility index (Phi) is 6.39. The summed E-state index contributed by atoms with van der Waals surface area (Å²) in [6.45, 7) is 6.39. The number of hydrogen-bond acceptors (Lipinski definition) is 4. The van der Waals surface area contributed by atoms with Crippen molar-refractivity contribution in [1.29, 1.82) is 0 Å². The standard InChI is InChI=1S/C20H27N3O2S/c1-4-21-20(22-8-7-17-6-5-9-26-17)23-13-16-12-19-15(10-14(2)25-19)11-18(16)24-3/h5-6,9,11-12,14H,4,7-8,10,13H2,1-3H3,(H2,21,22,23). The van der Waals surface area contributed by atoms with Gasteiger partial charge >= 0.3 is 0 Å². The van der Waals surface area contributed by atoms with Crippen LogP contribution in [0.5, 0.6) is 11.5 Å². The van der Waals surface area contributed by atoms with E-state index in [2.05, 4.69) is 54.1 Å². The number of nitrogens with one attached hydrogen (secondary N) is 2. The fourth-order valence-corrected chi connectivity index (χ4v) is 3.77. The van der Waals surface area contributed by atoms with Gasteiger partial charge in [-0.2, -0.15) is 0 Å². The summed E-state index contributed by atoms with van der Waals surface area (Å²) >= 11 is 1.78. The van der Waals surface area contributed by atoms with E-state index >= 15 is 0 Å². The van der Waals surface area contributed by atoms with Crippen molar-refractivity contribution in [1.82, 2.24) is 10.6 Å². The zero-order chi connectivity index (χ0) is 18.4. The van der Waals surface area contributed by atoms with Crippen molar-refractivity contribution >= 4 is 17.3 Å². The van der Waals surface area contributed by atoms with Crippen molar-refractivity contribution in [2.45, 2.75) is 39.3 Å². The van der Waals surface area contributed by atoms with Crippen LogP contribution in [0.15, 0.2) is 34.6 Å². The normalized spacial score (nSPS) is 16.1. The molecule has 1 aromatic heterocycles. The highest BCUT2D eigenvalue weighted by Gasteiger charge is 2.21. The first-order valence-electron chi connectivity index (χ1n) is 9.10. The van der Waals surface area contributed by atoms with Crippen molar-refractivity contribution < 1.29 is 9.47 Å². The van der Waals surface area contributed by atoms with E-state index in [4.69, 9.17) is 14.5 Å². The average molecular weight is 374 g/mol. The van der Waals surface area contributed by atoms with Crippen LogP contribution in [0.25, 0.3) is 0 Å². The Morgan fingerprint density at radius 1 is 1.38 bits per heavy atom. The number of methoxy groups -OCH3 is 1. The molecule has 5 nitrogen and oxygen atoms in total. The van der Waals surface area contributed by atoms with E-state index in [0.717, 1.165) is 49.0 Å². The first-order valence-corrected chi connectivity index (χ1v) is 9.98. The van der Waals surface area contributed by atoms with Crippen LogP contribution in [0.2, 0.25) is 0 Å². The third-order valence-corrected chi connectivity index (χ3v) is 5.23. The van der Waals surface area contributed by atoms with Gasteiger partial charge in [-0.25, -0.2) is 4.99 Å². The van der Waals surface area contributed by atoms with Crippen molar-refractivity contribution in [3.05, 3.63) is 45.6 Å². The molecule has 2 N–H and O–H groups in total. The number of benzene rings is 1. The van der Waals surface area contributed by atoms with Crippen molar-refractivity contribution in [3.8, 4) is 11.5 Å². The summed E-state index contributed by atoms with van der Waals surface area (Å²) in [5.41, 5.74) is 2.25. The van der Waals surface area contributed by atoms with Gasteiger partial charge in [-0.05, 0) is 43.8 Å². The molecule has 3 rings (SSSR count). The minimum absolute atomic E-state index is 0.227. The molecule has 26 heavy (non-hydrogen) atoms. The van der Waals surface area contributed by atoms with Crippen LogP contribution in [0.4, 0.5) is 0 Å². The van der Waals surface area contributed by atoms with Gasteiger partial charge in [0.15, 0.2) is 5.96 Å². The second-order valence-electron chi connectivity index (χ2n) is 6.36. The van der Waals surface area contributed by atoms with Crippen LogP contribution in [-0.4, -0.2) is 32.3 Å². The Morgan fingerprint density at radius 3 is 3.00 bits per heavy atom. The van der Waals surface area contributed by atoms with E-state index in [0.29, 0.717) is 6.54 Å². The molecule has 2 heterocycles. The molecule has 0 radical (unpaired) electrons. The molecule has 0 saturated carbocycles. The molecule has 1 atom stereocenters. The number of aliphatic imine (C=N–C) groups is 1. The Balaban J connectivity index is 1.66. The third-order valence-electron chi connectivity index (χ3n) is 4.29. The monoisotopic (exact) mass is 373 g/mol. The fraction of sp³-hybridized carbons (Fsp3) is 0.450. The maximum atomic E-state index is 5.87. The molecule has 2 aromatic rings. The Bertz CT molecular complexity index is 744. The van der Waals surface area contributed by atoms with Gasteiger partial charge in [0.05, 0.1) is 13.7 Å². The molecule has 140 valence electrons. The number of nitrogens with zero attached hydrogens (tertiary/aromatic N) is 1. The molecule has 1 aromatic carbocycles. The van der Waals surface area contributed by atoms with E-state index < -0.39 is 0 Å². The van der Waals surface area contributed by atoms with Crippen molar-refractivity contribution in [2.24, 2.45) is 4.99 Å². The lowest BCUT2D eigenvalue weighted by atomic mass is 10.1. The average Bonchev–Trinajstić information content (AvgIpc) is 3.26. The molecule has 0 saturated heterocycles. The molecule has 0 spiro atoms. The molecular weight excluding hydrogens is 346 g/mol. The minimum atomic E-state index is 0.227. The molecule has 1 aliphatic rings. The second-order valence-corrected chi connectivity index (χ2v) is 7.39. The molecule has 6 heteroatoms. The minimum Gasteiger partial charge on any atom is -0.496 e. The maximum Gasteiger partial charge on any atom is 0.191 e. The second kappa shape index (κ2) is 8.94. The molecule has 1 unspecified atom stereocenters. The van der Waals surface area contributed by atoms with E-state index in [9.17, 15) is 0 Å². The van der Waals surface area contributed by atoms with E-state index in [-0.39, 0.29) is 6.10 Å². The Labute approximate surface area is 159 Å². The van der Waals surface area contributed by atoms with Crippen molar-refractivity contribution in [3.63, 3.8) is 0 Å². The van der Waals surface area contributed by atoms with Gasteiger partial charge < -0.3 is 20.1 Å². The number of rotatable bonds is 7. The number of fused-ring (bicyclic) bond motifs is 1. The van der Waals surface area contributed by atoms with Crippen LogP contribution in [-0.2, 0) is 19.4 Å². The molecule has 0 fully saturated rings. The molecule has 0 bridgehead atoms. The van der Waals surface area contributed by atoms with E-state index in [1.54, 1.807) is 18.4 Å². The van der Waals surface area contributed by atoms with Gasteiger partial charge in [0, 0.05) is 35.5 Å². The molecular formula is C20H27N3O2S. The highest BCUT2D eigenvalue weighted by Crippen LogP contribution is 2.35. The summed E-state index contributed by atoms with van der Waals surface area (Å²) < 4.78 is 11.4. The smallest absolute Gasteiger partial charge is 0.191 e. The first kappa shape index (κ1) is 18.6. The molecule has 0 aliphatic carbocycles. The van der Waals surface area contributed by atoms with Gasteiger partial charge in [-0.15, -0.1) is 11.3 Å². The van der Waals surface area contributed by atoms with E-state index in [1.807, 2.05) is 0 Å².